The first-order valence-corrected chi connectivity index (χ1v) is 7.06. The Morgan fingerprint density at radius 1 is 1.45 bits per heavy atom. The Balaban J connectivity index is 1.97. The van der Waals surface area contributed by atoms with E-state index in [0.717, 1.165) is 25.6 Å². The van der Waals surface area contributed by atoms with Crippen molar-refractivity contribution < 1.29 is 18.6 Å². The number of hydrogen-bond donors (Lipinski definition) is 1. The van der Waals surface area contributed by atoms with Gasteiger partial charge in [0.2, 0.25) is 0 Å². The van der Waals surface area contributed by atoms with Crippen LogP contribution in [-0.4, -0.2) is 48.5 Å². The van der Waals surface area contributed by atoms with E-state index in [9.17, 15) is 13.9 Å². The Morgan fingerprint density at radius 3 is 3.00 bits per heavy atom. The van der Waals surface area contributed by atoms with Crippen molar-refractivity contribution in [1.29, 1.82) is 0 Å². The van der Waals surface area contributed by atoms with Gasteiger partial charge >= 0.3 is 0 Å². The Morgan fingerprint density at radius 2 is 2.25 bits per heavy atom. The summed E-state index contributed by atoms with van der Waals surface area (Å²) < 4.78 is 32.3. The predicted octanol–water partition coefficient (Wildman–Crippen LogP) is 1.98. The van der Waals surface area contributed by atoms with Crippen LogP contribution in [0.1, 0.15) is 18.9 Å². The summed E-state index contributed by atoms with van der Waals surface area (Å²) >= 11 is 0. The summed E-state index contributed by atoms with van der Waals surface area (Å²) in [6, 6.07) is 4.02. The second-order valence-electron chi connectivity index (χ2n) is 5.19. The van der Waals surface area contributed by atoms with Crippen LogP contribution in [0.3, 0.4) is 0 Å². The summed E-state index contributed by atoms with van der Waals surface area (Å²) in [5.41, 5.74) is 0.189. The smallest absolute Gasteiger partial charge is 0.162 e. The molecule has 2 unspecified atom stereocenters. The second kappa shape index (κ2) is 7.11. The van der Waals surface area contributed by atoms with E-state index in [-0.39, 0.29) is 18.1 Å². The van der Waals surface area contributed by atoms with Gasteiger partial charge in [0.25, 0.3) is 0 Å². The second-order valence-corrected chi connectivity index (χ2v) is 5.19. The third-order valence-electron chi connectivity index (χ3n) is 3.61. The first-order chi connectivity index (χ1) is 9.61. The van der Waals surface area contributed by atoms with Crippen molar-refractivity contribution in [3.8, 4) is 0 Å². The summed E-state index contributed by atoms with van der Waals surface area (Å²) in [6.45, 7) is 5.11. The van der Waals surface area contributed by atoms with Crippen molar-refractivity contribution in [3.05, 3.63) is 35.4 Å². The molecule has 2 atom stereocenters. The van der Waals surface area contributed by atoms with E-state index in [4.69, 9.17) is 4.74 Å². The topological polar surface area (TPSA) is 32.7 Å². The fourth-order valence-electron chi connectivity index (χ4n) is 2.55. The zero-order chi connectivity index (χ0) is 14.5. The van der Waals surface area contributed by atoms with Gasteiger partial charge in [0.05, 0.1) is 18.8 Å². The normalized spacial score (nSPS) is 21.9. The van der Waals surface area contributed by atoms with Crippen LogP contribution in [0.25, 0.3) is 0 Å². The molecule has 20 heavy (non-hydrogen) atoms. The molecule has 1 aliphatic heterocycles. The molecule has 0 aromatic heterocycles. The number of aliphatic hydroxyl groups excluding tert-OH is 1. The number of halogens is 2. The molecule has 1 aromatic carbocycles. The molecule has 0 amide bonds. The van der Waals surface area contributed by atoms with Crippen LogP contribution in [0.2, 0.25) is 0 Å². The molecule has 1 N–H and O–H groups in total. The van der Waals surface area contributed by atoms with Crippen molar-refractivity contribution in [2.24, 2.45) is 0 Å². The van der Waals surface area contributed by atoms with E-state index in [1.54, 1.807) is 0 Å². The van der Waals surface area contributed by atoms with Crippen LogP contribution >= 0.6 is 0 Å². The lowest BCUT2D eigenvalue weighted by Gasteiger charge is -2.35. The Labute approximate surface area is 118 Å². The van der Waals surface area contributed by atoms with Crippen LogP contribution in [-0.2, 0) is 11.2 Å². The van der Waals surface area contributed by atoms with Gasteiger partial charge in [-0.25, -0.2) is 8.78 Å². The van der Waals surface area contributed by atoms with Gasteiger partial charge in [0.15, 0.2) is 11.6 Å². The lowest BCUT2D eigenvalue weighted by Crippen LogP contribution is -2.48. The highest BCUT2D eigenvalue weighted by Gasteiger charge is 2.27. The van der Waals surface area contributed by atoms with Gasteiger partial charge in [0.1, 0.15) is 0 Å². The van der Waals surface area contributed by atoms with Gasteiger partial charge in [-0.3, -0.25) is 4.90 Å². The zero-order valence-electron chi connectivity index (χ0n) is 11.7. The molecule has 0 radical (unpaired) electrons. The monoisotopic (exact) mass is 285 g/mol. The van der Waals surface area contributed by atoms with E-state index in [1.807, 2.05) is 0 Å². The van der Waals surface area contributed by atoms with E-state index < -0.39 is 17.7 Å². The molecule has 1 saturated heterocycles. The van der Waals surface area contributed by atoms with E-state index in [2.05, 4.69) is 11.8 Å². The standard InChI is InChI=1S/C15H21F2NO2/c1-2-6-18-7-8-20-14(10-18)13(19)9-11-4-3-5-12(16)15(11)17/h3-5,13-14,19H,2,6-10H2,1H3. The lowest BCUT2D eigenvalue weighted by atomic mass is 10.0. The van der Waals surface area contributed by atoms with Gasteiger partial charge in [-0.2, -0.15) is 0 Å². The van der Waals surface area contributed by atoms with Crippen molar-refractivity contribution in [2.45, 2.75) is 32.0 Å². The van der Waals surface area contributed by atoms with Crippen LogP contribution in [0.5, 0.6) is 0 Å². The molecule has 1 aromatic rings. The van der Waals surface area contributed by atoms with E-state index >= 15 is 0 Å². The molecule has 2 rings (SSSR count). The maximum Gasteiger partial charge on any atom is 0.162 e. The van der Waals surface area contributed by atoms with Crippen molar-refractivity contribution in [2.75, 3.05) is 26.2 Å². The first kappa shape index (κ1) is 15.4. The van der Waals surface area contributed by atoms with Gasteiger partial charge in [0, 0.05) is 19.5 Å². The highest BCUT2D eigenvalue weighted by atomic mass is 19.2. The number of aliphatic hydroxyl groups is 1. The highest BCUT2D eigenvalue weighted by Crippen LogP contribution is 2.17. The van der Waals surface area contributed by atoms with Gasteiger partial charge in [-0.1, -0.05) is 19.1 Å². The number of rotatable bonds is 5. The molecule has 112 valence electrons. The molecule has 3 nitrogen and oxygen atoms in total. The molecule has 1 heterocycles. The molecule has 0 bridgehead atoms. The summed E-state index contributed by atoms with van der Waals surface area (Å²) in [5, 5.41) is 10.2. The minimum Gasteiger partial charge on any atom is -0.390 e. The Kier molecular flexibility index (Phi) is 5.46. The maximum atomic E-state index is 13.6. The molecular formula is C15H21F2NO2. The van der Waals surface area contributed by atoms with E-state index in [1.165, 1.54) is 12.1 Å². The molecule has 0 spiro atoms. The maximum absolute atomic E-state index is 13.6. The Bertz CT molecular complexity index is 440. The third kappa shape index (κ3) is 3.75. The fourth-order valence-corrected chi connectivity index (χ4v) is 2.55. The van der Waals surface area contributed by atoms with Crippen LogP contribution in [0.15, 0.2) is 18.2 Å². The van der Waals surface area contributed by atoms with Crippen LogP contribution < -0.4 is 0 Å². The molecule has 1 fully saturated rings. The van der Waals surface area contributed by atoms with E-state index in [0.29, 0.717) is 13.2 Å². The minimum atomic E-state index is -0.883. The highest BCUT2D eigenvalue weighted by molar-refractivity contribution is 5.20. The summed E-state index contributed by atoms with van der Waals surface area (Å²) in [6.07, 6.45) is -0.0702. The summed E-state index contributed by atoms with van der Waals surface area (Å²) in [7, 11) is 0. The van der Waals surface area contributed by atoms with Crippen LogP contribution in [0.4, 0.5) is 8.78 Å². The minimum absolute atomic E-state index is 0.0637. The number of benzene rings is 1. The number of morpholine rings is 1. The van der Waals surface area contributed by atoms with Crippen LogP contribution in [0, 0.1) is 11.6 Å². The number of hydrogen-bond acceptors (Lipinski definition) is 3. The third-order valence-corrected chi connectivity index (χ3v) is 3.61. The zero-order valence-corrected chi connectivity index (χ0v) is 11.7. The van der Waals surface area contributed by atoms with Gasteiger partial charge in [-0.05, 0) is 24.6 Å². The number of ether oxygens (including phenoxy) is 1. The summed E-state index contributed by atoms with van der Waals surface area (Å²) in [4.78, 5) is 2.22. The molecular weight excluding hydrogens is 264 g/mol. The lowest BCUT2D eigenvalue weighted by molar-refractivity contribution is -0.0879. The average molecular weight is 285 g/mol. The molecule has 1 aliphatic rings. The number of nitrogens with zero attached hydrogens (tertiary/aromatic N) is 1. The molecule has 5 heteroatoms. The largest absolute Gasteiger partial charge is 0.390 e. The molecule has 0 aliphatic carbocycles. The molecule has 0 saturated carbocycles. The van der Waals surface area contributed by atoms with Crippen molar-refractivity contribution in [1.82, 2.24) is 4.90 Å². The fraction of sp³-hybridized carbons (Fsp3) is 0.600. The first-order valence-electron chi connectivity index (χ1n) is 7.06. The SMILES string of the molecule is CCCN1CCOC(C(O)Cc2cccc(F)c2F)C1. The van der Waals surface area contributed by atoms with Gasteiger partial charge in [-0.15, -0.1) is 0 Å². The van der Waals surface area contributed by atoms with Crippen molar-refractivity contribution >= 4 is 0 Å². The quantitative estimate of drug-likeness (QED) is 0.898. The summed E-state index contributed by atoms with van der Waals surface area (Å²) in [5.74, 6) is -1.76. The van der Waals surface area contributed by atoms with Crippen molar-refractivity contribution in [3.63, 3.8) is 0 Å². The Hall–Kier alpha value is -1.04. The predicted molar refractivity (Wildman–Crippen MR) is 72.5 cm³/mol. The average Bonchev–Trinajstić information content (AvgIpc) is 2.44. The van der Waals surface area contributed by atoms with Gasteiger partial charge < -0.3 is 9.84 Å².